The number of aromatic nitrogens is 2. The molecule has 2 aromatic rings. The van der Waals surface area contributed by atoms with Gasteiger partial charge in [-0.25, -0.2) is 9.37 Å². The van der Waals surface area contributed by atoms with Gasteiger partial charge in [-0.2, -0.15) is 0 Å². The van der Waals surface area contributed by atoms with E-state index in [1.165, 1.54) is 6.07 Å². The Labute approximate surface area is 128 Å². The zero-order valence-corrected chi connectivity index (χ0v) is 13.0. The standard InChI is InChI=1S/C16H18ClFN2O/c1-3-20-11(2)19-10-14(20)15(21)9-5-7-12-6-4-8-13(17)16(12)18/h4,6,8,10H,3,5,7,9H2,1-2H3. The van der Waals surface area contributed by atoms with E-state index >= 15 is 0 Å². The number of hydrogen-bond acceptors (Lipinski definition) is 2. The van der Waals surface area contributed by atoms with Crippen molar-refractivity contribution in [1.29, 1.82) is 0 Å². The first kappa shape index (κ1) is 15.7. The Bertz CT molecular complexity index is 652. The number of rotatable bonds is 6. The first-order chi connectivity index (χ1) is 10.0. The third kappa shape index (κ3) is 3.50. The van der Waals surface area contributed by atoms with Crippen LogP contribution in [-0.2, 0) is 13.0 Å². The third-order valence-corrected chi connectivity index (χ3v) is 3.83. The molecule has 0 fully saturated rings. The van der Waals surface area contributed by atoms with Gasteiger partial charge in [-0.1, -0.05) is 23.7 Å². The maximum atomic E-state index is 13.7. The lowest BCUT2D eigenvalue weighted by Gasteiger charge is -2.07. The number of hydrogen-bond donors (Lipinski definition) is 0. The van der Waals surface area contributed by atoms with E-state index in [0.29, 0.717) is 30.5 Å². The maximum Gasteiger partial charge on any atom is 0.180 e. The van der Waals surface area contributed by atoms with Crippen molar-refractivity contribution in [2.75, 3.05) is 0 Å². The quantitative estimate of drug-likeness (QED) is 0.749. The Balaban J connectivity index is 1.97. The van der Waals surface area contributed by atoms with Gasteiger partial charge < -0.3 is 4.57 Å². The van der Waals surface area contributed by atoms with Crippen molar-refractivity contribution in [3.05, 3.63) is 52.3 Å². The van der Waals surface area contributed by atoms with E-state index < -0.39 is 0 Å². The van der Waals surface area contributed by atoms with Gasteiger partial charge in [0.25, 0.3) is 0 Å². The molecule has 0 aliphatic heterocycles. The average Bonchev–Trinajstić information content (AvgIpc) is 2.84. The van der Waals surface area contributed by atoms with Crippen molar-refractivity contribution >= 4 is 17.4 Å². The fourth-order valence-electron chi connectivity index (χ4n) is 2.40. The Kier molecular flexibility index (Phi) is 5.12. The van der Waals surface area contributed by atoms with Gasteiger partial charge in [0.2, 0.25) is 0 Å². The lowest BCUT2D eigenvalue weighted by Crippen LogP contribution is -2.09. The summed E-state index contributed by atoms with van der Waals surface area (Å²) in [5.41, 5.74) is 1.18. The van der Waals surface area contributed by atoms with Crippen molar-refractivity contribution in [1.82, 2.24) is 9.55 Å². The highest BCUT2D eigenvalue weighted by molar-refractivity contribution is 6.30. The van der Waals surface area contributed by atoms with Crippen molar-refractivity contribution in [2.45, 2.75) is 39.7 Å². The largest absolute Gasteiger partial charge is 0.326 e. The molecule has 112 valence electrons. The molecular weight excluding hydrogens is 291 g/mol. The number of halogens is 2. The second kappa shape index (κ2) is 6.85. The van der Waals surface area contributed by atoms with Crippen LogP contribution < -0.4 is 0 Å². The van der Waals surface area contributed by atoms with Crippen LogP contribution in [-0.4, -0.2) is 15.3 Å². The van der Waals surface area contributed by atoms with Crippen molar-refractivity contribution in [3.63, 3.8) is 0 Å². The first-order valence-electron chi connectivity index (χ1n) is 7.02. The van der Waals surface area contributed by atoms with Gasteiger partial charge in [0.05, 0.1) is 11.2 Å². The minimum Gasteiger partial charge on any atom is -0.326 e. The number of aryl methyl sites for hydroxylation is 2. The fourth-order valence-corrected chi connectivity index (χ4v) is 2.59. The highest BCUT2D eigenvalue weighted by Gasteiger charge is 2.14. The molecule has 0 N–H and O–H groups in total. The Morgan fingerprint density at radius 1 is 1.43 bits per heavy atom. The predicted octanol–water partition coefficient (Wildman–Crippen LogP) is 4.21. The van der Waals surface area contributed by atoms with E-state index in [9.17, 15) is 9.18 Å². The molecule has 2 rings (SSSR count). The molecule has 1 heterocycles. The zero-order valence-electron chi connectivity index (χ0n) is 12.2. The number of ketones is 1. The van der Waals surface area contributed by atoms with Crippen LogP contribution in [0.25, 0.3) is 0 Å². The van der Waals surface area contributed by atoms with Crippen LogP contribution in [0.3, 0.4) is 0 Å². The van der Waals surface area contributed by atoms with Crippen molar-refractivity contribution in [2.24, 2.45) is 0 Å². The molecular formula is C16H18ClFN2O. The molecule has 0 radical (unpaired) electrons. The average molecular weight is 309 g/mol. The van der Waals surface area contributed by atoms with Crippen LogP contribution in [0, 0.1) is 12.7 Å². The van der Waals surface area contributed by atoms with Gasteiger partial charge in [-0.3, -0.25) is 4.79 Å². The lowest BCUT2D eigenvalue weighted by atomic mass is 10.0. The molecule has 0 atom stereocenters. The molecule has 1 aromatic heterocycles. The molecule has 0 saturated heterocycles. The Hall–Kier alpha value is -1.68. The summed E-state index contributed by atoms with van der Waals surface area (Å²) in [5.74, 6) is 0.489. The van der Waals surface area contributed by atoms with Gasteiger partial charge in [-0.05, 0) is 38.3 Å². The minimum atomic E-state index is -0.388. The van der Waals surface area contributed by atoms with E-state index in [1.807, 2.05) is 18.4 Å². The van der Waals surface area contributed by atoms with Gasteiger partial charge in [0, 0.05) is 13.0 Å². The third-order valence-electron chi connectivity index (χ3n) is 3.54. The number of benzene rings is 1. The minimum absolute atomic E-state index is 0.0416. The molecule has 0 aliphatic carbocycles. The van der Waals surface area contributed by atoms with Crippen LogP contribution in [0.15, 0.2) is 24.4 Å². The summed E-state index contributed by atoms with van der Waals surface area (Å²) in [6.45, 7) is 4.57. The maximum absolute atomic E-state index is 13.7. The second-order valence-corrected chi connectivity index (χ2v) is 5.33. The highest BCUT2D eigenvalue weighted by atomic mass is 35.5. The van der Waals surface area contributed by atoms with Crippen LogP contribution in [0.1, 0.15) is 41.6 Å². The molecule has 3 nitrogen and oxygen atoms in total. The zero-order chi connectivity index (χ0) is 15.4. The molecule has 0 spiro atoms. The first-order valence-corrected chi connectivity index (χ1v) is 7.40. The van der Waals surface area contributed by atoms with Crippen LogP contribution >= 0.6 is 11.6 Å². The summed E-state index contributed by atoms with van der Waals surface area (Å²) in [7, 11) is 0. The monoisotopic (exact) mass is 308 g/mol. The number of carbonyl (C=O) groups excluding carboxylic acids is 1. The topological polar surface area (TPSA) is 34.9 Å². The molecule has 0 bridgehead atoms. The van der Waals surface area contributed by atoms with Crippen LogP contribution in [0.5, 0.6) is 0 Å². The smallest absolute Gasteiger partial charge is 0.180 e. The van der Waals surface area contributed by atoms with E-state index in [1.54, 1.807) is 18.3 Å². The Morgan fingerprint density at radius 3 is 2.90 bits per heavy atom. The van der Waals surface area contributed by atoms with E-state index in [4.69, 9.17) is 11.6 Å². The second-order valence-electron chi connectivity index (χ2n) is 4.92. The molecule has 21 heavy (non-hydrogen) atoms. The van der Waals surface area contributed by atoms with Gasteiger partial charge >= 0.3 is 0 Å². The normalized spacial score (nSPS) is 10.9. The van der Waals surface area contributed by atoms with E-state index in [0.717, 1.165) is 12.4 Å². The van der Waals surface area contributed by atoms with Crippen LogP contribution in [0.2, 0.25) is 5.02 Å². The fraction of sp³-hybridized carbons (Fsp3) is 0.375. The Morgan fingerprint density at radius 2 is 2.19 bits per heavy atom. The summed E-state index contributed by atoms with van der Waals surface area (Å²) in [4.78, 5) is 16.4. The van der Waals surface area contributed by atoms with Gasteiger partial charge in [0.1, 0.15) is 17.3 Å². The highest BCUT2D eigenvalue weighted by Crippen LogP contribution is 2.20. The number of Topliss-reactive ketones (excluding diaryl/α,β-unsaturated/α-hetero) is 1. The number of imidazole rings is 1. The van der Waals surface area contributed by atoms with Gasteiger partial charge in [-0.15, -0.1) is 0 Å². The SMILES string of the molecule is CCn1c(C(=O)CCCc2cccc(Cl)c2F)cnc1C. The summed E-state index contributed by atoms with van der Waals surface area (Å²) in [6, 6.07) is 4.94. The van der Waals surface area contributed by atoms with E-state index in [2.05, 4.69) is 4.98 Å². The van der Waals surface area contributed by atoms with Gasteiger partial charge in [0.15, 0.2) is 5.78 Å². The van der Waals surface area contributed by atoms with Crippen molar-refractivity contribution in [3.8, 4) is 0 Å². The van der Waals surface area contributed by atoms with Crippen LogP contribution in [0.4, 0.5) is 4.39 Å². The molecule has 0 saturated carbocycles. The molecule has 5 heteroatoms. The summed E-state index contributed by atoms with van der Waals surface area (Å²) in [5, 5.41) is 0.124. The number of nitrogens with zero attached hydrogens (tertiary/aromatic N) is 2. The predicted molar refractivity (Wildman–Crippen MR) is 81.3 cm³/mol. The molecule has 0 unspecified atom stereocenters. The molecule has 1 aromatic carbocycles. The summed E-state index contributed by atoms with van der Waals surface area (Å²) < 4.78 is 15.6. The number of carbonyl (C=O) groups is 1. The molecule has 0 aliphatic rings. The van der Waals surface area contributed by atoms with Crippen molar-refractivity contribution < 1.29 is 9.18 Å². The summed E-state index contributed by atoms with van der Waals surface area (Å²) in [6.07, 6.45) is 3.07. The lowest BCUT2D eigenvalue weighted by molar-refractivity contribution is 0.0971. The summed E-state index contributed by atoms with van der Waals surface area (Å²) >= 11 is 5.74. The molecule has 0 amide bonds. The van der Waals surface area contributed by atoms with E-state index in [-0.39, 0.29) is 16.6 Å².